The summed E-state index contributed by atoms with van der Waals surface area (Å²) in [5.41, 5.74) is 1.13. The Bertz CT molecular complexity index is 642. The Morgan fingerprint density at radius 3 is 2.76 bits per heavy atom. The van der Waals surface area contributed by atoms with E-state index < -0.39 is 0 Å². The maximum absolute atomic E-state index is 5.99. The van der Waals surface area contributed by atoms with Gasteiger partial charge in [-0.15, -0.1) is 0 Å². The van der Waals surface area contributed by atoms with Crippen LogP contribution in [0.25, 0.3) is 0 Å². The third kappa shape index (κ3) is 6.89. The zero-order chi connectivity index (χ0) is 20.5. The molecule has 0 radical (unpaired) electrons. The number of nitrogens with one attached hydrogen (secondary N) is 2. The molecule has 1 heterocycles. The van der Waals surface area contributed by atoms with Crippen LogP contribution in [-0.2, 0) is 6.54 Å². The van der Waals surface area contributed by atoms with Crippen molar-refractivity contribution in [3.05, 3.63) is 29.8 Å². The number of benzene rings is 1. The van der Waals surface area contributed by atoms with Crippen molar-refractivity contribution in [2.24, 2.45) is 4.99 Å². The lowest BCUT2D eigenvalue weighted by molar-refractivity contribution is 0.242. The van der Waals surface area contributed by atoms with Crippen LogP contribution in [0.4, 0.5) is 0 Å². The molecule has 1 saturated heterocycles. The number of guanidine groups is 1. The Balaban J connectivity index is 1.55. The average molecular weight is 402 g/mol. The van der Waals surface area contributed by atoms with Crippen LogP contribution in [0, 0.1) is 0 Å². The van der Waals surface area contributed by atoms with Crippen LogP contribution in [0.2, 0.25) is 0 Å². The molecule has 0 bridgehead atoms. The molecule has 0 spiro atoms. The summed E-state index contributed by atoms with van der Waals surface area (Å²) >= 11 is 0. The Kier molecular flexibility index (Phi) is 8.62. The molecular weight excluding hydrogens is 362 g/mol. The summed E-state index contributed by atoms with van der Waals surface area (Å²) in [6, 6.07) is 9.53. The molecule has 1 saturated carbocycles. The van der Waals surface area contributed by atoms with Crippen LogP contribution in [0.1, 0.15) is 44.6 Å². The molecule has 6 nitrogen and oxygen atoms in total. The Hall–Kier alpha value is -1.79. The SMILES string of the molecule is CCNC(=NCc1ccccc1OCCN(C)C)NC1CCN(C2CCCC2)C1. The number of nitrogens with zero attached hydrogens (tertiary/aromatic N) is 3. The Labute approximate surface area is 176 Å². The molecule has 2 fully saturated rings. The number of likely N-dealkylation sites (tertiary alicyclic amines) is 1. The van der Waals surface area contributed by atoms with Crippen LogP contribution >= 0.6 is 0 Å². The molecule has 1 aliphatic heterocycles. The standard InChI is InChI=1S/C23H39N5O/c1-4-24-23(26-20-13-14-28(18-20)21-10-6-7-11-21)25-17-19-9-5-8-12-22(19)29-16-15-27(2)3/h5,8-9,12,20-21H,4,6-7,10-11,13-18H2,1-3H3,(H2,24,25,26). The topological polar surface area (TPSA) is 52.1 Å². The summed E-state index contributed by atoms with van der Waals surface area (Å²) in [6.07, 6.45) is 6.76. The summed E-state index contributed by atoms with van der Waals surface area (Å²) in [7, 11) is 4.12. The van der Waals surface area contributed by atoms with Gasteiger partial charge in [0.05, 0.1) is 6.54 Å². The van der Waals surface area contributed by atoms with Gasteiger partial charge in [0.2, 0.25) is 0 Å². The van der Waals surface area contributed by atoms with Gasteiger partial charge in [-0.3, -0.25) is 4.90 Å². The maximum Gasteiger partial charge on any atom is 0.191 e. The van der Waals surface area contributed by atoms with Crippen molar-refractivity contribution in [3.8, 4) is 5.75 Å². The van der Waals surface area contributed by atoms with Crippen molar-refractivity contribution in [3.63, 3.8) is 0 Å². The number of rotatable bonds is 9. The molecule has 0 amide bonds. The van der Waals surface area contributed by atoms with E-state index in [4.69, 9.17) is 9.73 Å². The average Bonchev–Trinajstić information content (AvgIpc) is 3.39. The fourth-order valence-electron chi connectivity index (χ4n) is 4.30. The maximum atomic E-state index is 5.99. The van der Waals surface area contributed by atoms with E-state index in [9.17, 15) is 0 Å². The molecule has 162 valence electrons. The number of para-hydroxylation sites is 1. The number of hydrogen-bond donors (Lipinski definition) is 2. The summed E-state index contributed by atoms with van der Waals surface area (Å²) in [4.78, 5) is 9.67. The number of ether oxygens (including phenoxy) is 1. The molecule has 1 atom stereocenters. The van der Waals surface area contributed by atoms with Gasteiger partial charge in [-0.25, -0.2) is 4.99 Å². The monoisotopic (exact) mass is 401 g/mol. The first-order valence-corrected chi connectivity index (χ1v) is 11.3. The van der Waals surface area contributed by atoms with Gasteiger partial charge in [-0.2, -0.15) is 0 Å². The van der Waals surface area contributed by atoms with Crippen LogP contribution in [0.5, 0.6) is 5.75 Å². The van der Waals surface area contributed by atoms with E-state index in [0.29, 0.717) is 19.2 Å². The lowest BCUT2D eigenvalue weighted by Crippen LogP contribution is -2.45. The van der Waals surface area contributed by atoms with E-state index in [0.717, 1.165) is 42.9 Å². The minimum absolute atomic E-state index is 0.486. The van der Waals surface area contributed by atoms with Gasteiger partial charge in [-0.1, -0.05) is 31.0 Å². The number of aliphatic imine (C=N–C) groups is 1. The first kappa shape index (κ1) is 21.9. The van der Waals surface area contributed by atoms with Crippen molar-refractivity contribution in [2.45, 2.75) is 57.7 Å². The smallest absolute Gasteiger partial charge is 0.191 e. The highest BCUT2D eigenvalue weighted by Crippen LogP contribution is 2.26. The zero-order valence-electron chi connectivity index (χ0n) is 18.5. The van der Waals surface area contributed by atoms with E-state index in [1.807, 2.05) is 12.1 Å². The molecule has 0 aromatic heterocycles. The van der Waals surface area contributed by atoms with Crippen molar-refractivity contribution in [1.29, 1.82) is 0 Å². The van der Waals surface area contributed by atoms with E-state index >= 15 is 0 Å². The Morgan fingerprint density at radius 1 is 1.21 bits per heavy atom. The second-order valence-corrected chi connectivity index (χ2v) is 8.52. The van der Waals surface area contributed by atoms with Crippen LogP contribution in [0.3, 0.4) is 0 Å². The van der Waals surface area contributed by atoms with Crippen molar-refractivity contribution < 1.29 is 4.74 Å². The van der Waals surface area contributed by atoms with Crippen molar-refractivity contribution in [1.82, 2.24) is 20.4 Å². The molecular formula is C23H39N5O. The largest absolute Gasteiger partial charge is 0.492 e. The van der Waals surface area contributed by atoms with Crippen LogP contribution < -0.4 is 15.4 Å². The van der Waals surface area contributed by atoms with Gasteiger partial charge in [0.25, 0.3) is 0 Å². The molecule has 1 aromatic rings. The van der Waals surface area contributed by atoms with Crippen molar-refractivity contribution in [2.75, 3.05) is 46.9 Å². The second-order valence-electron chi connectivity index (χ2n) is 8.52. The van der Waals surface area contributed by atoms with Gasteiger partial charge in [0.1, 0.15) is 12.4 Å². The lowest BCUT2D eigenvalue weighted by atomic mass is 10.2. The summed E-state index contributed by atoms with van der Waals surface area (Å²) in [5.74, 6) is 1.84. The molecule has 1 aromatic carbocycles. The fraction of sp³-hybridized carbons (Fsp3) is 0.696. The zero-order valence-corrected chi connectivity index (χ0v) is 18.5. The third-order valence-corrected chi connectivity index (χ3v) is 5.92. The van der Waals surface area contributed by atoms with Gasteiger partial charge >= 0.3 is 0 Å². The molecule has 2 N–H and O–H groups in total. The van der Waals surface area contributed by atoms with Gasteiger partial charge in [-0.05, 0) is 46.3 Å². The Morgan fingerprint density at radius 2 is 2.00 bits per heavy atom. The normalized spacial score (nSPS) is 21.1. The highest BCUT2D eigenvalue weighted by Gasteiger charge is 2.30. The molecule has 29 heavy (non-hydrogen) atoms. The first-order valence-electron chi connectivity index (χ1n) is 11.3. The predicted molar refractivity (Wildman–Crippen MR) is 121 cm³/mol. The minimum Gasteiger partial charge on any atom is -0.492 e. The molecule has 2 aliphatic rings. The number of likely N-dealkylation sites (N-methyl/N-ethyl adjacent to an activating group) is 1. The third-order valence-electron chi connectivity index (χ3n) is 5.92. The number of hydrogen-bond acceptors (Lipinski definition) is 4. The van der Waals surface area contributed by atoms with Crippen molar-refractivity contribution >= 4 is 5.96 Å². The highest BCUT2D eigenvalue weighted by molar-refractivity contribution is 5.80. The van der Waals surface area contributed by atoms with Gasteiger partial charge in [0.15, 0.2) is 5.96 Å². The lowest BCUT2D eigenvalue weighted by Gasteiger charge is -2.24. The molecule has 3 rings (SSSR count). The van der Waals surface area contributed by atoms with E-state index in [2.05, 4.69) is 53.6 Å². The summed E-state index contributed by atoms with van der Waals surface area (Å²) < 4.78 is 5.99. The fourth-order valence-corrected chi connectivity index (χ4v) is 4.30. The first-order chi connectivity index (χ1) is 14.2. The van der Waals surface area contributed by atoms with Gasteiger partial charge in [0, 0.05) is 43.8 Å². The summed E-state index contributed by atoms with van der Waals surface area (Å²) in [6.45, 7) is 7.54. The highest BCUT2D eigenvalue weighted by atomic mass is 16.5. The quantitative estimate of drug-likeness (QED) is 0.492. The van der Waals surface area contributed by atoms with E-state index in [1.165, 1.54) is 38.6 Å². The van der Waals surface area contributed by atoms with E-state index in [-0.39, 0.29) is 0 Å². The van der Waals surface area contributed by atoms with E-state index in [1.54, 1.807) is 0 Å². The predicted octanol–water partition coefficient (Wildman–Crippen LogP) is 2.70. The molecule has 1 unspecified atom stereocenters. The molecule has 6 heteroatoms. The minimum atomic E-state index is 0.486. The second kappa shape index (κ2) is 11.4. The van der Waals surface area contributed by atoms with Crippen LogP contribution in [0.15, 0.2) is 29.3 Å². The van der Waals surface area contributed by atoms with Crippen LogP contribution in [-0.4, -0.2) is 74.7 Å². The van der Waals surface area contributed by atoms with Gasteiger partial charge < -0.3 is 20.3 Å². The molecule has 1 aliphatic carbocycles. The summed E-state index contributed by atoms with van der Waals surface area (Å²) in [5, 5.41) is 7.08.